The summed E-state index contributed by atoms with van der Waals surface area (Å²) in [5.41, 5.74) is 1.09. The number of halogens is 1. The molecule has 1 aromatic rings. The van der Waals surface area contributed by atoms with Gasteiger partial charge in [-0.05, 0) is 37.0 Å². The maximum absolute atomic E-state index is 11.6. The first-order valence-electron chi connectivity index (χ1n) is 6.94. The van der Waals surface area contributed by atoms with Crippen LogP contribution in [0.15, 0.2) is 24.3 Å². The lowest BCUT2D eigenvalue weighted by Gasteiger charge is -2.07. The maximum atomic E-state index is 11.6. The molecule has 1 saturated carbocycles. The van der Waals surface area contributed by atoms with E-state index in [9.17, 15) is 9.59 Å². The van der Waals surface area contributed by atoms with Crippen molar-refractivity contribution < 1.29 is 9.59 Å². The van der Waals surface area contributed by atoms with Crippen LogP contribution in [0.2, 0.25) is 5.02 Å². The van der Waals surface area contributed by atoms with E-state index in [0.29, 0.717) is 31.0 Å². The highest BCUT2D eigenvalue weighted by atomic mass is 35.5. The van der Waals surface area contributed by atoms with Crippen LogP contribution in [0.4, 0.5) is 0 Å². The summed E-state index contributed by atoms with van der Waals surface area (Å²) >= 11 is 5.80. The molecular weight excluding hydrogens is 276 g/mol. The summed E-state index contributed by atoms with van der Waals surface area (Å²) in [6.45, 7) is 0.986. The van der Waals surface area contributed by atoms with Gasteiger partial charge in [-0.1, -0.05) is 23.7 Å². The Bertz CT molecular complexity index is 469. The van der Waals surface area contributed by atoms with Gasteiger partial charge in [-0.15, -0.1) is 0 Å². The zero-order valence-electron chi connectivity index (χ0n) is 11.3. The van der Waals surface area contributed by atoms with E-state index in [0.717, 1.165) is 18.4 Å². The lowest BCUT2D eigenvalue weighted by Crippen LogP contribution is -2.35. The van der Waals surface area contributed by atoms with Gasteiger partial charge in [0.05, 0.1) is 0 Å². The number of hydrogen-bond donors (Lipinski definition) is 2. The number of amides is 2. The van der Waals surface area contributed by atoms with Crippen molar-refractivity contribution in [3.63, 3.8) is 0 Å². The minimum Gasteiger partial charge on any atom is -0.354 e. The number of rotatable bonds is 7. The number of hydrogen-bond acceptors (Lipinski definition) is 2. The van der Waals surface area contributed by atoms with Crippen molar-refractivity contribution in [1.82, 2.24) is 10.6 Å². The highest BCUT2D eigenvalue weighted by Gasteiger charge is 2.28. The molecule has 0 atom stereocenters. The fourth-order valence-corrected chi connectivity index (χ4v) is 2.00. The van der Waals surface area contributed by atoms with Crippen LogP contribution in [0, 0.1) is 5.92 Å². The molecule has 20 heavy (non-hydrogen) atoms. The summed E-state index contributed by atoms with van der Waals surface area (Å²) in [4.78, 5) is 23.0. The summed E-state index contributed by atoms with van der Waals surface area (Å²) in [7, 11) is 0. The predicted octanol–water partition coefficient (Wildman–Crippen LogP) is 1.91. The average Bonchev–Trinajstić information content (AvgIpc) is 3.27. The molecule has 1 fully saturated rings. The van der Waals surface area contributed by atoms with Crippen LogP contribution in [0.5, 0.6) is 0 Å². The van der Waals surface area contributed by atoms with Crippen molar-refractivity contribution in [2.45, 2.75) is 25.7 Å². The second-order valence-corrected chi connectivity index (χ2v) is 5.48. The molecule has 0 aromatic heterocycles. The van der Waals surface area contributed by atoms with Gasteiger partial charge in [0.15, 0.2) is 0 Å². The van der Waals surface area contributed by atoms with Gasteiger partial charge in [0.2, 0.25) is 11.8 Å². The summed E-state index contributed by atoms with van der Waals surface area (Å²) in [5.74, 6) is 0.330. The predicted molar refractivity (Wildman–Crippen MR) is 78.5 cm³/mol. The van der Waals surface area contributed by atoms with Crippen LogP contribution < -0.4 is 10.6 Å². The van der Waals surface area contributed by atoms with Crippen LogP contribution in [0.1, 0.15) is 24.8 Å². The van der Waals surface area contributed by atoms with E-state index in [4.69, 9.17) is 11.6 Å². The zero-order chi connectivity index (χ0) is 14.4. The summed E-state index contributed by atoms with van der Waals surface area (Å²) < 4.78 is 0. The summed E-state index contributed by atoms with van der Waals surface area (Å²) in [6.07, 6.45) is 3.13. The second-order valence-electron chi connectivity index (χ2n) is 5.04. The number of nitrogens with one attached hydrogen (secondary N) is 2. The normalized spacial score (nSPS) is 13.8. The van der Waals surface area contributed by atoms with Gasteiger partial charge in [-0.25, -0.2) is 0 Å². The third kappa shape index (κ3) is 5.21. The molecule has 0 bridgehead atoms. The van der Waals surface area contributed by atoms with Gasteiger partial charge >= 0.3 is 0 Å². The Kier molecular flexibility index (Phi) is 5.41. The average molecular weight is 295 g/mol. The lowest BCUT2D eigenvalue weighted by atomic mass is 10.1. The Morgan fingerprint density at radius 1 is 1.10 bits per heavy atom. The Balaban J connectivity index is 1.55. The molecule has 4 nitrogen and oxygen atoms in total. The first-order valence-corrected chi connectivity index (χ1v) is 7.32. The molecule has 0 spiro atoms. The van der Waals surface area contributed by atoms with E-state index in [1.165, 1.54) is 0 Å². The van der Waals surface area contributed by atoms with Crippen LogP contribution in [0.3, 0.4) is 0 Å². The minimum absolute atomic E-state index is 0.000575. The number of carbonyl (C=O) groups is 2. The van der Waals surface area contributed by atoms with Crippen molar-refractivity contribution in [3.8, 4) is 0 Å². The molecule has 2 N–H and O–H groups in total. The van der Waals surface area contributed by atoms with Crippen LogP contribution in [0.25, 0.3) is 0 Å². The summed E-state index contributed by atoms with van der Waals surface area (Å²) in [5, 5.41) is 6.31. The van der Waals surface area contributed by atoms with Gasteiger partial charge in [-0.3, -0.25) is 9.59 Å². The van der Waals surface area contributed by atoms with Gasteiger partial charge < -0.3 is 10.6 Å². The van der Waals surface area contributed by atoms with Crippen molar-refractivity contribution in [1.29, 1.82) is 0 Å². The Labute approximate surface area is 123 Å². The van der Waals surface area contributed by atoms with Gasteiger partial charge in [0.1, 0.15) is 0 Å². The lowest BCUT2D eigenvalue weighted by molar-refractivity contribution is -0.123. The van der Waals surface area contributed by atoms with Gasteiger partial charge in [0, 0.05) is 30.5 Å². The Hall–Kier alpha value is -1.55. The molecule has 0 saturated heterocycles. The Morgan fingerprint density at radius 3 is 2.40 bits per heavy atom. The molecule has 2 amide bonds. The van der Waals surface area contributed by atoms with E-state index >= 15 is 0 Å². The van der Waals surface area contributed by atoms with Crippen molar-refractivity contribution in [2.24, 2.45) is 5.92 Å². The highest BCUT2D eigenvalue weighted by molar-refractivity contribution is 6.30. The molecule has 1 aliphatic carbocycles. The molecule has 0 radical (unpaired) electrons. The largest absolute Gasteiger partial charge is 0.354 e. The molecule has 2 rings (SSSR count). The number of aryl methyl sites for hydroxylation is 1. The molecular formula is C15H19ClN2O2. The standard InChI is InChI=1S/C15H19ClN2O2/c16-13-6-1-11(2-7-13)3-8-14(19)17-9-10-18-15(20)12-4-5-12/h1-2,6-7,12H,3-5,8-10H2,(H,17,19)(H,18,20). The monoisotopic (exact) mass is 294 g/mol. The van der Waals surface area contributed by atoms with Crippen molar-refractivity contribution in [2.75, 3.05) is 13.1 Å². The molecule has 0 unspecified atom stereocenters. The van der Waals surface area contributed by atoms with Crippen molar-refractivity contribution in [3.05, 3.63) is 34.9 Å². The minimum atomic E-state index is 0.000575. The third-order valence-electron chi connectivity index (χ3n) is 3.25. The van der Waals surface area contributed by atoms with Gasteiger partial charge in [-0.2, -0.15) is 0 Å². The molecule has 5 heteroatoms. The maximum Gasteiger partial charge on any atom is 0.223 e. The quantitative estimate of drug-likeness (QED) is 0.755. The van der Waals surface area contributed by atoms with Crippen LogP contribution >= 0.6 is 11.6 Å². The van der Waals surface area contributed by atoms with E-state index < -0.39 is 0 Å². The van der Waals surface area contributed by atoms with E-state index in [1.807, 2.05) is 24.3 Å². The SMILES string of the molecule is O=C(CCc1ccc(Cl)cc1)NCCNC(=O)C1CC1. The topological polar surface area (TPSA) is 58.2 Å². The molecule has 108 valence electrons. The third-order valence-corrected chi connectivity index (χ3v) is 3.50. The van der Waals surface area contributed by atoms with Crippen LogP contribution in [-0.4, -0.2) is 24.9 Å². The highest BCUT2D eigenvalue weighted by Crippen LogP contribution is 2.28. The summed E-state index contributed by atoms with van der Waals surface area (Å²) in [6, 6.07) is 7.49. The number of benzene rings is 1. The van der Waals surface area contributed by atoms with Crippen LogP contribution in [-0.2, 0) is 16.0 Å². The Morgan fingerprint density at radius 2 is 1.75 bits per heavy atom. The first-order chi connectivity index (χ1) is 9.65. The fraction of sp³-hybridized carbons (Fsp3) is 0.467. The molecule has 1 aromatic carbocycles. The van der Waals surface area contributed by atoms with E-state index in [-0.39, 0.29) is 17.7 Å². The number of carbonyl (C=O) groups excluding carboxylic acids is 2. The van der Waals surface area contributed by atoms with E-state index in [2.05, 4.69) is 10.6 Å². The zero-order valence-corrected chi connectivity index (χ0v) is 12.1. The van der Waals surface area contributed by atoms with E-state index in [1.54, 1.807) is 0 Å². The fourth-order valence-electron chi connectivity index (χ4n) is 1.87. The molecule has 0 aliphatic heterocycles. The molecule has 0 heterocycles. The van der Waals surface area contributed by atoms with Crippen molar-refractivity contribution >= 4 is 23.4 Å². The second kappa shape index (κ2) is 7.29. The molecule has 1 aliphatic rings. The smallest absolute Gasteiger partial charge is 0.223 e. The first kappa shape index (κ1) is 14.9. The van der Waals surface area contributed by atoms with Gasteiger partial charge in [0.25, 0.3) is 0 Å².